The third-order valence-corrected chi connectivity index (χ3v) is 9.50. The van der Waals surface area contributed by atoms with Gasteiger partial charge < -0.3 is 29.2 Å². The summed E-state index contributed by atoms with van der Waals surface area (Å²) < 4.78 is 41.8. The van der Waals surface area contributed by atoms with Crippen LogP contribution in [-0.4, -0.2) is 64.2 Å². The van der Waals surface area contributed by atoms with E-state index in [1.807, 2.05) is 57.4 Å². The molecule has 5 rings (SSSR count). The largest absolute Gasteiger partial charge is 0.462 e. The first-order valence-corrected chi connectivity index (χ1v) is 16.9. The Kier molecular flexibility index (Phi) is 9.11. The Balaban J connectivity index is 1.40. The van der Waals surface area contributed by atoms with Gasteiger partial charge in [0.2, 0.25) is 11.8 Å². The molecule has 15 heteroatoms. The molecule has 3 heterocycles. The van der Waals surface area contributed by atoms with Crippen molar-refractivity contribution in [3.63, 3.8) is 0 Å². The predicted molar refractivity (Wildman–Crippen MR) is 170 cm³/mol. The zero-order valence-electron chi connectivity index (χ0n) is 25.4. The van der Waals surface area contributed by atoms with E-state index in [1.54, 1.807) is 36.3 Å². The molecule has 3 N–H and O–H groups in total. The number of esters is 1. The quantitative estimate of drug-likeness (QED) is 0.166. The summed E-state index contributed by atoms with van der Waals surface area (Å²) in [4.78, 5) is 27.5. The molecule has 0 saturated carbocycles. The number of alkyl halides is 1. The minimum atomic E-state index is -3.56. The number of aromatic nitrogens is 4. The van der Waals surface area contributed by atoms with E-state index in [2.05, 4.69) is 20.0 Å². The van der Waals surface area contributed by atoms with E-state index < -0.39 is 37.3 Å². The number of carbonyl (C=O) groups excluding carboxylic acids is 1. The molecule has 4 aromatic rings. The predicted octanol–water partition coefficient (Wildman–Crippen LogP) is 5.10. The minimum Gasteiger partial charge on any atom is -0.462 e. The van der Waals surface area contributed by atoms with Crippen LogP contribution in [0.3, 0.4) is 0 Å². The highest BCUT2D eigenvalue weighted by molar-refractivity contribution is 8.09. The van der Waals surface area contributed by atoms with E-state index >= 15 is 4.39 Å². The zero-order valence-corrected chi connectivity index (χ0v) is 27.1. The minimum absolute atomic E-state index is 0.00696. The van der Waals surface area contributed by atoms with E-state index in [9.17, 15) is 4.79 Å². The van der Waals surface area contributed by atoms with Crippen LogP contribution in [0.15, 0.2) is 48.8 Å². The molecule has 1 saturated heterocycles. The van der Waals surface area contributed by atoms with Crippen LogP contribution in [0, 0.1) is 5.92 Å². The number of nitrogens with zero attached hydrogens (tertiary/aromatic N) is 5. The summed E-state index contributed by atoms with van der Waals surface area (Å²) in [6.45, 7) is 2.84. The lowest BCUT2D eigenvalue weighted by Crippen LogP contribution is -2.37. The fourth-order valence-corrected chi connectivity index (χ4v) is 7.52. The molecule has 0 radical (unpaired) electrons. The number of rotatable bonds is 11. The van der Waals surface area contributed by atoms with Gasteiger partial charge in [0.25, 0.3) is 0 Å². The summed E-state index contributed by atoms with van der Waals surface area (Å²) in [5.41, 5.74) is 6.91. The van der Waals surface area contributed by atoms with Crippen LogP contribution in [0.2, 0.25) is 0 Å². The smallest absolute Gasteiger partial charge is 0.323 e. The molecule has 1 aliphatic rings. The number of imidazole rings is 1. The fourth-order valence-electron chi connectivity index (χ4n) is 5.10. The number of ether oxygens (including phenoxy) is 2. The van der Waals surface area contributed by atoms with Gasteiger partial charge in [0.1, 0.15) is 24.6 Å². The normalized spacial score (nSPS) is 22.3. The van der Waals surface area contributed by atoms with Gasteiger partial charge >= 0.3 is 12.6 Å². The highest BCUT2D eigenvalue weighted by Crippen LogP contribution is 2.50. The van der Waals surface area contributed by atoms with Crippen molar-refractivity contribution in [2.24, 2.45) is 5.92 Å². The Labute approximate surface area is 260 Å². The first kappa shape index (κ1) is 32.0. The summed E-state index contributed by atoms with van der Waals surface area (Å²) in [7, 11) is 3.64. The number of anilines is 2. The molecule has 1 fully saturated rings. The number of hydrogen-bond donors (Lipinski definition) is 2. The lowest BCUT2D eigenvalue weighted by molar-refractivity contribution is -0.172. The lowest BCUT2D eigenvalue weighted by atomic mass is 10.1. The first-order chi connectivity index (χ1) is 20.8. The molecule has 236 valence electrons. The number of nitrogens with two attached hydrogens (primary N) is 1. The van der Waals surface area contributed by atoms with Gasteiger partial charge in [-0.1, -0.05) is 43.3 Å². The Morgan fingerprint density at radius 2 is 1.98 bits per heavy atom. The number of carbonyl (C=O) groups is 1. The molecule has 2 aromatic heterocycles. The maximum atomic E-state index is 16.4. The summed E-state index contributed by atoms with van der Waals surface area (Å²) in [6, 6.07) is 12.2. The molecule has 1 aliphatic heterocycles. The molecule has 0 amide bonds. The second-order valence-corrected chi connectivity index (χ2v) is 14.5. The molecule has 12 nitrogen and oxygen atoms in total. The molecule has 1 unspecified atom stereocenters. The maximum absolute atomic E-state index is 16.4. The van der Waals surface area contributed by atoms with Gasteiger partial charge in [-0.15, -0.1) is 0 Å². The van der Waals surface area contributed by atoms with Gasteiger partial charge in [0.05, 0.1) is 12.4 Å². The monoisotopic (exact) mass is 645 g/mol. The van der Waals surface area contributed by atoms with Crippen LogP contribution in [-0.2, 0) is 30.6 Å². The van der Waals surface area contributed by atoms with Gasteiger partial charge in [0, 0.05) is 31.8 Å². The average molecular weight is 646 g/mol. The summed E-state index contributed by atoms with van der Waals surface area (Å²) >= 11 is 5.87. The Bertz CT molecular complexity index is 1720. The molecule has 44 heavy (non-hydrogen) atoms. The average Bonchev–Trinajstić information content (AvgIpc) is 3.51. The highest BCUT2D eigenvalue weighted by atomic mass is 32.5. The van der Waals surface area contributed by atoms with Gasteiger partial charge in [-0.3, -0.25) is 9.36 Å². The fraction of sp³-hybridized carbons (Fsp3) is 0.448. The van der Waals surface area contributed by atoms with E-state index in [1.165, 1.54) is 6.33 Å². The van der Waals surface area contributed by atoms with E-state index in [0.717, 1.165) is 10.8 Å². The van der Waals surface area contributed by atoms with Crippen molar-refractivity contribution in [1.82, 2.24) is 24.6 Å². The molecule has 5 atom stereocenters. The highest BCUT2D eigenvalue weighted by Gasteiger charge is 2.48. The molecule has 0 aliphatic carbocycles. The van der Waals surface area contributed by atoms with Crippen molar-refractivity contribution in [3.05, 3.63) is 48.8 Å². The van der Waals surface area contributed by atoms with Crippen LogP contribution in [0.1, 0.15) is 40.3 Å². The maximum Gasteiger partial charge on any atom is 0.323 e. The van der Waals surface area contributed by atoms with E-state index in [0.29, 0.717) is 22.7 Å². The molecule has 2 aromatic carbocycles. The SMILES string of the molecule is CC(C)OC(=O)[C@H](C)NP(=S)(OC[C@]1(F)C[C@H](C)[C@H](n2cnc3c(N(C)C)nc(N)nc32)O1)Oc1cccc2ccccc12. The van der Waals surface area contributed by atoms with E-state index in [4.69, 9.17) is 36.1 Å². The standard InChI is InChI=1S/C29H37FN7O5PS/c1-17(2)40-27(38)19(4)35-43(44,42-22-13-9-11-20-10-7-8-12-21(20)22)39-15-29(30)14-18(3)26(41-29)37-16-32-23-24(36(5)6)33-28(31)34-25(23)37/h7-13,16-19,26H,14-15H2,1-6H3,(H,35,44)(H2,31,33,34)/t18-,19-,26+,29-,43?/m0/s1. The zero-order chi connectivity index (χ0) is 31.8. The van der Waals surface area contributed by atoms with Gasteiger partial charge in [0.15, 0.2) is 17.0 Å². The first-order valence-electron chi connectivity index (χ1n) is 14.2. The number of nitrogens with one attached hydrogen (secondary N) is 1. The number of halogens is 1. The summed E-state index contributed by atoms with van der Waals surface area (Å²) in [5, 5.41) is 4.70. The summed E-state index contributed by atoms with van der Waals surface area (Å²) in [6.07, 6.45) is 0.435. The Hall–Kier alpha value is -3.42. The van der Waals surface area contributed by atoms with Crippen molar-refractivity contribution in [3.8, 4) is 5.75 Å². The molecular formula is C29H37FN7O5PS. The van der Waals surface area contributed by atoms with Crippen LogP contribution in [0.25, 0.3) is 21.9 Å². The van der Waals surface area contributed by atoms with Crippen LogP contribution in [0.5, 0.6) is 5.75 Å². The molecule has 0 bridgehead atoms. The third kappa shape index (κ3) is 6.79. The van der Waals surface area contributed by atoms with Crippen molar-refractivity contribution in [2.75, 3.05) is 31.3 Å². The van der Waals surface area contributed by atoms with Gasteiger partial charge in [-0.05, 0) is 44.0 Å². The van der Waals surface area contributed by atoms with Crippen molar-refractivity contribution in [2.45, 2.75) is 58.3 Å². The van der Waals surface area contributed by atoms with Gasteiger partial charge in [-0.2, -0.15) is 9.97 Å². The molecular weight excluding hydrogens is 608 g/mol. The second kappa shape index (κ2) is 12.5. The molecule has 0 spiro atoms. The number of fused-ring (bicyclic) bond motifs is 2. The van der Waals surface area contributed by atoms with Crippen LogP contribution in [0.4, 0.5) is 16.2 Å². The van der Waals surface area contributed by atoms with Crippen molar-refractivity contribution < 1.29 is 27.7 Å². The van der Waals surface area contributed by atoms with Crippen molar-refractivity contribution >= 4 is 58.1 Å². The van der Waals surface area contributed by atoms with Crippen molar-refractivity contribution in [1.29, 1.82) is 0 Å². The Morgan fingerprint density at radius 1 is 1.25 bits per heavy atom. The summed E-state index contributed by atoms with van der Waals surface area (Å²) in [5.74, 6) is -2.04. The topological polar surface area (TPSA) is 139 Å². The Morgan fingerprint density at radius 3 is 2.70 bits per heavy atom. The van der Waals surface area contributed by atoms with E-state index in [-0.39, 0.29) is 24.4 Å². The third-order valence-electron chi connectivity index (χ3n) is 7.04. The lowest BCUT2D eigenvalue weighted by Gasteiger charge is -2.29. The number of benzene rings is 2. The van der Waals surface area contributed by atoms with Gasteiger partial charge in [-0.25, -0.2) is 14.5 Å². The number of hydrogen-bond acceptors (Lipinski definition) is 11. The van der Waals surface area contributed by atoms with Crippen LogP contribution < -0.4 is 20.2 Å². The van der Waals surface area contributed by atoms with Crippen LogP contribution >= 0.6 is 6.64 Å². The second-order valence-electron chi connectivity index (χ2n) is 11.4. The number of nitrogen functional groups attached to an aromatic ring is 1.